The van der Waals surface area contributed by atoms with E-state index in [1.807, 2.05) is 6.07 Å². The van der Waals surface area contributed by atoms with Crippen molar-refractivity contribution in [3.8, 4) is 32.8 Å². The molecule has 1 nitrogen and oxygen atoms in total. The van der Waals surface area contributed by atoms with Gasteiger partial charge in [0.15, 0.2) is 0 Å². The lowest BCUT2D eigenvalue weighted by Gasteiger charge is -2.07. The molecule has 0 saturated carbocycles. The van der Waals surface area contributed by atoms with Gasteiger partial charge in [-0.2, -0.15) is 0 Å². The minimum Gasteiger partial charge on any atom is -0.236 e. The van der Waals surface area contributed by atoms with Crippen LogP contribution in [0.2, 0.25) is 0 Å². The minimum absolute atomic E-state index is 1.07. The van der Waals surface area contributed by atoms with Gasteiger partial charge in [0, 0.05) is 5.56 Å². The Hall–Kier alpha value is -3.75. The predicted octanol–water partition coefficient (Wildman–Crippen LogP) is 8.45. The number of nitrogens with zero attached hydrogens (tertiary/aromatic N) is 1. The molecular weight excluding hydrogens is 394 g/mol. The molecule has 0 radical (unpaired) electrons. The van der Waals surface area contributed by atoms with Gasteiger partial charge in [-0.3, -0.25) is 0 Å². The van der Waals surface area contributed by atoms with Crippen LogP contribution in [0.3, 0.4) is 0 Å². The zero-order valence-electron chi connectivity index (χ0n) is 16.8. The Morgan fingerprint density at radius 3 is 1.74 bits per heavy atom. The van der Waals surface area contributed by atoms with Crippen LogP contribution in [0, 0.1) is 0 Å². The number of benzene rings is 5. The normalized spacial score (nSPS) is 11.2. The summed E-state index contributed by atoms with van der Waals surface area (Å²) in [5, 5.41) is 3.56. The largest absolute Gasteiger partial charge is 0.236 e. The highest BCUT2D eigenvalue weighted by Gasteiger charge is 2.08. The fourth-order valence-electron chi connectivity index (χ4n) is 4.04. The molecule has 1 heterocycles. The van der Waals surface area contributed by atoms with E-state index in [0.29, 0.717) is 0 Å². The van der Waals surface area contributed by atoms with Gasteiger partial charge in [-0.15, -0.1) is 11.3 Å². The van der Waals surface area contributed by atoms with Crippen LogP contribution in [0.1, 0.15) is 0 Å². The molecule has 0 aliphatic carbocycles. The van der Waals surface area contributed by atoms with E-state index in [9.17, 15) is 0 Å². The van der Waals surface area contributed by atoms with Crippen LogP contribution in [0.5, 0.6) is 0 Å². The van der Waals surface area contributed by atoms with Gasteiger partial charge in [0.1, 0.15) is 5.01 Å². The highest BCUT2D eigenvalue weighted by Crippen LogP contribution is 2.33. The Bertz CT molecular complexity index is 1480. The van der Waals surface area contributed by atoms with Gasteiger partial charge in [0.05, 0.1) is 10.2 Å². The molecule has 0 aliphatic heterocycles. The van der Waals surface area contributed by atoms with Crippen molar-refractivity contribution in [2.75, 3.05) is 0 Å². The zero-order valence-corrected chi connectivity index (χ0v) is 17.6. The lowest BCUT2D eigenvalue weighted by Crippen LogP contribution is -1.82. The van der Waals surface area contributed by atoms with E-state index in [0.717, 1.165) is 10.5 Å². The van der Waals surface area contributed by atoms with E-state index in [4.69, 9.17) is 4.98 Å². The van der Waals surface area contributed by atoms with Crippen LogP contribution in [-0.2, 0) is 0 Å². The van der Waals surface area contributed by atoms with Crippen LogP contribution < -0.4 is 0 Å². The summed E-state index contributed by atoms with van der Waals surface area (Å²) in [6.45, 7) is 0. The Kier molecular flexibility index (Phi) is 4.37. The first kappa shape index (κ1) is 18.1. The van der Waals surface area contributed by atoms with Gasteiger partial charge >= 0.3 is 0 Å². The molecule has 6 aromatic rings. The average molecular weight is 414 g/mol. The van der Waals surface area contributed by atoms with E-state index in [1.54, 1.807) is 11.3 Å². The lowest BCUT2D eigenvalue weighted by molar-refractivity contribution is 1.48. The molecule has 5 aromatic carbocycles. The molecule has 2 heteroatoms. The number of rotatable bonds is 3. The SMILES string of the molecule is c1ccc(-c2ccc(-c3ccc4cc(-c5nc6ccccc6s5)ccc4c3)cc2)cc1. The van der Waals surface area contributed by atoms with Crippen LogP contribution in [-0.4, -0.2) is 4.98 Å². The van der Waals surface area contributed by atoms with Gasteiger partial charge in [0.25, 0.3) is 0 Å². The third kappa shape index (κ3) is 3.41. The molecule has 0 spiro atoms. The maximum Gasteiger partial charge on any atom is 0.124 e. The monoisotopic (exact) mass is 413 g/mol. The first-order valence-corrected chi connectivity index (χ1v) is 11.2. The highest BCUT2D eigenvalue weighted by molar-refractivity contribution is 7.21. The van der Waals surface area contributed by atoms with Gasteiger partial charge in [-0.05, 0) is 57.3 Å². The van der Waals surface area contributed by atoms with Crippen LogP contribution in [0.25, 0.3) is 53.8 Å². The topological polar surface area (TPSA) is 12.9 Å². The van der Waals surface area contributed by atoms with Crippen molar-refractivity contribution in [2.45, 2.75) is 0 Å². The Morgan fingerprint density at radius 1 is 0.452 bits per heavy atom. The first-order chi connectivity index (χ1) is 15.3. The molecular formula is C29H19NS. The summed E-state index contributed by atoms with van der Waals surface area (Å²) < 4.78 is 1.23. The maximum absolute atomic E-state index is 4.81. The van der Waals surface area contributed by atoms with Crippen molar-refractivity contribution < 1.29 is 0 Å². The van der Waals surface area contributed by atoms with Gasteiger partial charge < -0.3 is 0 Å². The second-order valence-corrected chi connectivity index (χ2v) is 8.74. The molecule has 0 saturated heterocycles. The molecule has 146 valence electrons. The molecule has 1 aromatic heterocycles. The molecule has 0 amide bonds. The number of hydrogen-bond acceptors (Lipinski definition) is 2. The highest BCUT2D eigenvalue weighted by atomic mass is 32.1. The zero-order chi connectivity index (χ0) is 20.6. The van der Waals surface area contributed by atoms with Crippen molar-refractivity contribution in [1.82, 2.24) is 4.98 Å². The second kappa shape index (κ2) is 7.50. The second-order valence-electron chi connectivity index (χ2n) is 7.71. The van der Waals surface area contributed by atoms with Crippen molar-refractivity contribution in [3.63, 3.8) is 0 Å². The molecule has 0 bridgehead atoms. The molecule has 0 fully saturated rings. The van der Waals surface area contributed by atoms with Crippen LogP contribution >= 0.6 is 11.3 Å². The van der Waals surface area contributed by atoms with Crippen molar-refractivity contribution in [1.29, 1.82) is 0 Å². The number of aromatic nitrogens is 1. The average Bonchev–Trinajstić information content (AvgIpc) is 3.28. The number of fused-ring (bicyclic) bond motifs is 2. The van der Waals surface area contributed by atoms with Crippen molar-refractivity contribution in [3.05, 3.63) is 115 Å². The minimum atomic E-state index is 1.07. The van der Waals surface area contributed by atoms with Crippen LogP contribution in [0.4, 0.5) is 0 Å². The lowest BCUT2D eigenvalue weighted by atomic mass is 9.98. The van der Waals surface area contributed by atoms with Crippen molar-refractivity contribution >= 4 is 32.3 Å². The van der Waals surface area contributed by atoms with E-state index < -0.39 is 0 Å². The third-order valence-electron chi connectivity index (χ3n) is 5.71. The standard InChI is InChI=1S/C29H19NS/c1-2-6-20(7-3-1)21-10-12-22(13-11-21)23-14-15-25-19-26(17-16-24(25)18-23)29-30-27-8-4-5-9-28(27)31-29/h1-19H. The summed E-state index contributed by atoms with van der Waals surface area (Å²) in [5.74, 6) is 0. The van der Waals surface area contributed by atoms with Gasteiger partial charge in [0.2, 0.25) is 0 Å². The van der Waals surface area contributed by atoms with Crippen LogP contribution in [0.15, 0.2) is 115 Å². The molecule has 0 atom stereocenters. The van der Waals surface area contributed by atoms with E-state index in [1.165, 1.54) is 43.3 Å². The Balaban J connectivity index is 1.34. The smallest absolute Gasteiger partial charge is 0.124 e. The summed E-state index contributed by atoms with van der Waals surface area (Å²) in [7, 11) is 0. The summed E-state index contributed by atoms with van der Waals surface area (Å²) >= 11 is 1.75. The fourth-order valence-corrected chi connectivity index (χ4v) is 5.00. The summed E-state index contributed by atoms with van der Waals surface area (Å²) in [6.07, 6.45) is 0. The summed E-state index contributed by atoms with van der Waals surface area (Å²) in [4.78, 5) is 4.81. The van der Waals surface area contributed by atoms with E-state index >= 15 is 0 Å². The molecule has 0 N–H and O–H groups in total. The maximum atomic E-state index is 4.81. The Morgan fingerprint density at radius 2 is 1.00 bits per heavy atom. The number of thiazole rings is 1. The van der Waals surface area contributed by atoms with E-state index in [2.05, 4.69) is 109 Å². The summed E-state index contributed by atoms with van der Waals surface area (Å²) in [6, 6.07) is 41.0. The molecule has 6 rings (SSSR count). The van der Waals surface area contributed by atoms with Gasteiger partial charge in [-0.25, -0.2) is 4.98 Å². The summed E-state index contributed by atoms with van der Waals surface area (Å²) in [5.41, 5.74) is 7.20. The van der Waals surface area contributed by atoms with E-state index in [-0.39, 0.29) is 0 Å². The van der Waals surface area contributed by atoms with Crippen molar-refractivity contribution in [2.24, 2.45) is 0 Å². The molecule has 31 heavy (non-hydrogen) atoms. The predicted molar refractivity (Wildman–Crippen MR) is 133 cm³/mol. The quantitative estimate of drug-likeness (QED) is 0.283. The third-order valence-corrected chi connectivity index (χ3v) is 6.79. The molecule has 0 aliphatic rings. The first-order valence-electron chi connectivity index (χ1n) is 10.4. The Labute approximate surface area is 185 Å². The number of para-hydroxylation sites is 1. The van der Waals surface area contributed by atoms with Gasteiger partial charge in [-0.1, -0.05) is 91.0 Å². The fraction of sp³-hybridized carbons (Fsp3) is 0. The molecule has 0 unspecified atom stereocenters. The number of hydrogen-bond donors (Lipinski definition) is 0.